The van der Waals surface area contributed by atoms with E-state index in [9.17, 15) is 8.78 Å². The van der Waals surface area contributed by atoms with E-state index in [-0.39, 0.29) is 6.42 Å². The largest absolute Gasteiger partial charge is 0.496 e. The number of hydrogen-bond donors (Lipinski definition) is 2. The molecule has 0 aliphatic carbocycles. The molecule has 3 N–H and O–H groups in total. The van der Waals surface area contributed by atoms with Crippen molar-refractivity contribution < 1.29 is 13.5 Å². The van der Waals surface area contributed by atoms with Crippen molar-refractivity contribution in [2.24, 2.45) is 5.84 Å². The average Bonchev–Trinajstić information content (AvgIpc) is 2.47. The minimum atomic E-state index is -0.613. The smallest absolute Gasteiger partial charge is 0.129 e. The average molecular weight is 313 g/mol. The lowest BCUT2D eigenvalue weighted by Crippen LogP contribution is -2.30. The predicted octanol–water partition coefficient (Wildman–Crippen LogP) is 3.37. The van der Waals surface area contributed by atoms with Crippen LogP contribution in [0.15, 0.2) is 36.4 Å². The molecule has 0 amide bonds. The summed E-state index contributed by atoms with van der Waals surface area (Å²) in [5.41, 5.74) is 3.72. The molecular formula is C15H15ClF2N2O. The molecule has 0 bridgehead atoms. The second kappa shape index (κ2) is 6.85. The lowest BCUT2D eigenvalue weighted by molar-refractivity contribution is 0.398. The molecule has 0 aliphatic rings. The third-order valence-electron chi connectivity index (χ3n) is 3.21. The number of nitrogens with one attached hydrogen (secondary N) is 1. The van der Waals surface area contributed by atoms with Gasteiger partial charge in [0.05, 0.1) is 13.2 Å². The molecule has 0 fully saturated rings. The summed E-state index contributed by atoms with van der Waals surface area (Å²) in [6.07, 6.45) is 0.251. The highest BCUT2D eigenvalue weighted by molar-refractivity contribution is 6.30. The number of benzene rings is 2. The highest BCUT2D eigenvalue weighted by Gasteiger charge is 2.18. The van der Waals surface area contributed by atoms with Gasteiger partial charge in [0, 0.05) is 16.7 Å². The van der Waals surface area contributed by atoms with Crippen molar-refractivity contribution in [1.82, 2.24) is 5.43 Å². The van der Waals surface area contributed by atoms with Gasteiger partial charge in [0.25, 0.3) is 0 Å². The number of halogens is 3. The number of nitrogens with two attached hydrogens (primary N) is 1. The molecule has 0 saturated heterocycles. The molecule has 0 aromatic heterocycles. The fourth-order valence-corrected chi connectivity index (χ4v) is 2.30. The second-order valence-corrected chi connectivity index (χ2v) is 4.98. The first-order valence-corrected chi connectivity index (χ1v) is 6.66. The van der Waals surface area contributed by atoms with Crippen molar-refractivity contribution in [3.63, 3.8) is 0 Å². The van der Waals surface area contributed by atoms with E-state index in [0.29, 0.717) is 16.3 Å². The third-order valence-corrected chi connectivity index (χ3v) is 3.45. The Bertz CT molecular complexity index is 637. The van der Waals surface area contributed by atoms with Crippen molar-refractivity contribution in [3.05, 3.63) is 64.2 Å². The molecule has 6 heteroatoms. The molecule has 2 aromatic carbocycles. The van der Waals surface area contributed by atoms with Crippen LogP contribution >= 0.6 is 11.6 Å². The number of ether oxygens (including phenoxy) is 1. The van der Waals surface area contributed by atoms with Gasteiger partial charge in [-0.25, -0.2) is 8.78 Å². The summed E-state index contributed by atoms with van der Waals surface area (Å²) in [7, 11) is 1.52. The lowest BCUT2D eigenvalue weighted by Gasteiger charge is -2.19. The third kappa shape index (κ3) is 3.69. The van der Waals surface area contributed by atoms with Gasteiger partial charge in [0.2, 0.25) is 0 Å². The summed E-state index contributed by atoms with van der Waals surface area (Å²) in [6.45, 7) is 0. The van der Waals surface area contributed by atoms with Gasteiger partial charge in [0.1, 0.15) is 17.4 Å². The van der Waals surface area contributed by atoms with Crippen molar-refractivity contribution in [1.29, 1.82) is 0 Å². The lowest BCUT2D eigenvalue weighted by atomic mass is 9.98. The molecule has 1 atom stereocenters. The summed E-state index contributed by atoms with van der Waals surface area (Å²) < 4.78 is 31.9. The standard InChI is InChI=1S/C15H15ClF2N2O/c1-21-15-7-10(16)3-5-12(15)14(20-19)6-9-2-4-11(17)8-13(9)18/h2-5,7-8,14,20H,6,19H2,1H3. The molecule has 0 aliphatic heterocycles. The number of hydrogen-bond acceptors (Lipinski definition) is 3. The van der Waals surface area contributed by atoms with Gasteiger partial charge in [-0.05, 0) is 30.2 Å². The van der Waals surface area contributed by atoms with Gasteiger partial charge in [-0.1, -0.05) is 23.7 Å². The monoisotopic (exact) mass is 312 g/mol. The van der Waals surface area contributed by atoms with Crippen LogP contribution in [0.3, 0.4) is 0 Å². The topological polar surface area (TPSA) is 47.3 Å². The SMILES string of the molecule is COc1cc(Cl)ccc1C(Cc1ccc(F)cc1F)NN. The van der Waals surface area contributed by atoms with E-state index in [1.54, 1.807) is 18.2 Å². The number of methoxy groups -OCH3 is 1. The Morgan fingerprint density at radius 2 is 2.00 bits per heavy atom. The summed E-state index contributed by atoms with van der Waals surface area (Å²) in [6, 6.07) is 8.18. The quantitative estimate of drug-likeness (QED) is 0.657. The first-order chi connectivity index (χ1) is 10.0. The second-order valence-electron chi connectivity index (χ2n) is 4.55. The molecule has 3 nitrogen and oxygen atoms in total. The van der Waals surface area contributed by atoms with Gasteiger partial charge < -0.3 is 4.74 Å². The maximum Gasteiger partial charge on any atom is 0.129 e. The zero-order valence-corrected chi connectivity index (χ0v) is 12.1. The highest BCUT2D eigenvalue weighted by Crippen LogP contribution is 2.30. The van der Waals surface area contributed by atoms with Gasteiger partial charge in [-0.3, -0.25) is 11.3 Å². The van der Waals surface area contributed by atoms with E-state index in [0.717, 1.165) is 11.6 Å². The summed E-state index contributed by atoms with van der Waals surface area (Å²) in [5.74, 6) is 4.89. The van der Waals surface area contributed by atoms with Crippen LogP contribution in [0.4, 0.5) is 8.78 Å². The Balaban J connectivity index is 2.32. The molecular weight excluding hydrogens is 298 g/mol. The normalized spacial score (nSPS) is 12.2. The zero-order chi connectivity index (χ0) is 15.4. The van der Waals surface area contributed by atoms with Gasteiger partial charge in [-0.2, -0.15) is 0 Å². The van der Waals surface area contributed by atoms with E-state index >= 15 is 0 Å². The van der Waals surface area contributed by atoms with Crippen LogP contribution in [0.5, 0.6) is 5.75 Å². The van der Waals surface area contributed by atoms with Crippen molar-refractivity contribution >= 4 is 11.6 Å². The maximum atomic E-state index is 13.7. The molecule has 0 spiro atoms. The predicted molar refractivity (Wildman–Crippen MR) is 78.1 cm³/mol. The van der Waals surface area contributed by atoms with Crippen LogP contribution in [0, 0.1) is 11.6 Å². The number of hydrazine groups is 1. The van der Waals surface area contributed by atoms with E-state index < -0.39 is 17.7 Å². The Morgan fingerprint density at radius 1 is 1.24 bits per heavy atom. The molecule has 1 unspecified atom stereocenters. The Labute approximate surface area is 126 Å². The minimum Gasteiger partial charge on any atom is -0.496 e. The van der Waals surface area contributed by atoms with Crippen molar-refractivity contribution in [2.75, 3.05) is 7.11 Å². The van der Waals surface area contributed by atoms with Gasteiger partial charge >= 0.3 is 0 Å². The van der Waals surface area contributed by atoms with Crippen molar-refractivity contribution in [2.45, 2.75) is 12.5 Å². The molecule has 112 valence electrons. The van der Waals surface area contributed by atoms with E-state index in [2.05, 4.69) is 5.43 Å². The Morgan fingerprint density at radius 3 is 2.62 bits per heavy atom. The minimum absolute atomic E-state index is 0.251. The maximum absolute atomic E-state index is 13.7. The first-order valence-electron chi connectivity index (χ1n) is 6.28. The number of rotatable bonds is 5. The van der Waals surface area contributed by atoms with Gasteiger partial charge in [-0.15, -0.1) is 0 Å². The van der Waals surface area contributed by atoms with Crippen molar-refractivity contribution in [3.8, 4) is 5.75 Å². The van der Waals surface area contributed by atoms with Crippen LogP contribution < -0.4 is 16.0 Å². The van der Waals surface area contributed by atoms with E-state index in [1.165, 1.54) is 19.2 Å². The fourth-order valence-electron chi connectivity index (χ4n) is 2.14. The van der Waals surface area contributed by atoms with Crippen LogP contribution in [0.1, 0.15) is 17.2 Å². The van der Waals surface area contributed by atoms with Crippen LogP contribution in [0.25, 0.3) is 0 Å². The molecule has 2 rings (SSSR count). The highest BCUT2D eigenvalue weighted by atomic mass is 35.5. The zero-order valence-electron chi connectivity index (χ0n) is 11.4. The van der Waals surface area contributed by atoms with E-state index in [1.807, 2.05) is 0 Å². The first kappa shape index (κ1) is 15.7. The van der Waals surface area contributed by atoms with Crippen LogP contribution in [-0.4, -0.2) is 7.11 Å². The summed E-state index contributed by atoms with van der Waals surface area (Å²) in [5, 5.41) is 0.527. The van der Waals surface area contributed by atoms with Gasteiger partial charge in [0.15, 0.2) is 0 Å². The molecule has 2 aromatic rings. The summed E-state index contributed by atoms with van der Waals surface area (Å²) in [4.78, 5) is 0. The van der Waals surface area contributed by atoms with E-state index in [4.69, 9.17) is 22.2 Å². The fraction of sp³-hybridized carbons (Fsp3) is 0.200. The summed E-state index contributed by atoms with van der Waals surface area (Å²) >= 11 is 5.91. The Hall–Kier alpha value is -1.69. The molecule has 0 saturated carbocycles. The Kier molecular flexibility index (Phi) is 5.12. The van der Waals surface area contributed by atoms with Crippen LogP contribution in [0.2, 0.25) is 5.02 Å². The molecule has 21 heavy (non-hydrogen) atoms. The van der Waals surface area contributed by atoms with Crippen LogP contribution in [-0.2, 0) is 6.42 Å². The molecule has 0 heterocycles. The molecule has 0 radical (unpaired) electrons.